The molecule has 1 atom stereocenters. The van der Waals surface area contributed by atoms with Crippen LogP contribution >= 0.6 is 0 Å². The van der Waals surface area contributed by atoms with Crippen LogP contribution in [0.1, 0.15) is 54.0 Å². The molecular formula is C30H32B2N2O4. The Morgan fingerprint density at radius 2 is 1.26 bits per heavy atom. The number of hydrogen-bond donors (Lipinski definition) is 0. The predicted molar refractivity (Wildman–Crippen MR) is 152 cm³/mol. The van der Waals surface area contributed by atoms with E-state index in [-0.39, 0.29) is 11.7 Å². The summed E-state index contributed by atoms with van der Waals surface area (Å²) >= 11 is 0. The molecule has 192 valence electrons. The standard InChI is InChI=1S/C30H32B2N2O4/c1-19-28(2,3)36-31(35-19)21-10-14-26-24(16-21)25-17-22(32-37-29(4,5)30(6,7)38-32)11-15-27(25)34(26)23-12-8-20(18-33)9-13-23/h8-17,19H,1-7H3. The molecule has 8 heteroatoms. The fraction of sp³-hybridized carbons (Fsp3) is 0.367. The van der Waals surface area contributed by atoms with Crippen molar-refractivity contribution in [3.8, 4) is 11.8 Å². The van der Waals surface area contributed by atoms with Crippen LogP contribution in [0.3, 0.4) is 0 Å². The van der Waals surface area contributed by atoms with Crippen molar-refractivity contribution in [2.24, 2.45) is 0 Å². The maximum atomic E-state index is 9.30. The molecule has 2 aliphatic heterocycles. The number of rotatable bonds is 3. The van der Waals surface area contributed by atoms with E-state index in [4.69, 9.17) is 18.6 Å². The van der Waals surface area contributed by atoms with Crippen molar-refractivity contribution < 1.29 is 18.6 Å². The molecule has 0 saturated carbocycles. The maximum Gasteiger partial charge on any atom is 0.494 e. The first kappa shape index (κ1) is 25.2. The zero-order chi connectivity index (χ0) is 27.0. The number of benzene rings is 3. The summed E-state index contributed by atoms with van der Waals surface area (Å²) in [5, 5.41) is 11.5. The topological polar surface area (TPSA) is 65.6 Å². The number of nitriles is 1. The van der Waals surface area contributed by atoms with Gasteiger partial charge in [0.15, 0.2) is 0 Å². The molecule has 1 unspecified atom stereocenters. The molecule has 0 aliphatic carbocycles. The van der Waals surface area contributed by atoms with E-state index in [1.807, 2.05) is 31.2 Å². The van der Waals surface area contributed by atoms with E-state index in [0.717, 1.165) is 38.4 Å². The van der Waals surface area contributed by atoms with Gasteiger partial charge in [-0.3, -0.25) is 0 Å². The third-order valence-electron chi connectivity index (χ3n) is 8.58. The lowest BCUT2D eigenvalue weighted by Crippen LogP contribution is -2.41. The van der Waals surface area contributed by atoms with Gasteiger partial charge < -0.3 is 23.2 Å². The van der Waals surface area contributed by atoms with Crippen LogP contribution in [-0.4, -0.2) is 41.7 Å². The number of nitrogens with zero attached hydrogens (tertiary/aromatic N) is 2. The van der Waals surface area contributed by atoms with Gasteiger partial charge in [-0.2, -0.15) is 5.26 Å². The predicted octanol–water partition coefficient (Wildman–Crippen LogP) is 4.86. The lowest BCUT2D eigenvalue weighted by atomic mass is 9.77. The lowest BCUT2D eigenvalue weighted by molar-refractivity contribution is 0.00578. The highest BCUT2D eigenvalue weighted by atomic mass is 16.7. The quantitative estimate of drug-likeness (QED) is 0.372. The van der Waals surface area contributed by atoms with Crippen LogP contribution in [0.5, 0.6) is 0 Å². The van der Waals surface area contributed by atoms with Crippen LogP contribution in [0.15, 0.2) is 60.7 Å². The van der Waals surface area contributed by atoms with Crippen molar-refractivity contribution in [3.63, 3.8) is 0 Å². The van der Waals surface area contributed by atoms with Crippen molar-refractivity contribution in [3.05, 3.63) is 66.2 Å². The molecule has 2 fully saturated rings. The average molecular weight is 506 g/mol. The highest BCUT2D eigenvalue weighted by Crippen LogP contribution is 2.38. The summed E-state index contributed by atoms with van der Waals surface area (Å²) in [7, 11) is -0.881. The number of fused-ring (bicyclic) bond motifs is 3. The van der Waals surface area contributed by atoms with E-state index >= 15 is 0 Å². The van der Waals surface area contributed by atoms with Gasteiger partial charge in [0.1, 0.15) is 0 Å². The zero-order valence-corrected chi connectivity index (χ0v) is 23.0. The third kappa shape index (κ3) is 3.88. The van der Waals surface area contributed by atoms with Crippen molar-refractivity contribution in [2.45, 2.75) is 71.4 Å². The summed E-state index contributed by atoms with van der Waals surface area (Å²) < 4.78 is 27.4. The second kappa shape index (κ2) is 8.46. The molecular weight excluding hydrogens is 474 g/mol. The Bertz CT molecular complexity index is 1580. The Balaban J connectivity index is 1.53. The minimum atomic E-state index is -0.455. The van der Waals surface area contributed by atoms with E-state index < -0.39 is 25.4 Å². The molecule has 2 aliphatic rings. The van der Waals surface area contributed by atoms with Gasteiger partial charge in [-0.05, 0) is 95.8 Å². The lowest BCUT2D eigenvalue weighted by Gasteiger charge is -2.32. The molecule has 0 radical (unpaired) electrons. The molecule has 0 amide bonds. The van der Waals surface area contributed by atoms with Crippen molar-refractivity contribution in [1.29, 1.82) is 5.26 Å². The van der Waals surface area contributed by atoms with Gasteiger partial charge in [0.2, 0.25) is 0 Å². The van der Waals surface area contributed by atoms with Gasteiger partial charge in [-0.1, -0.05) is 24.3 Å². The SMILES string of the molecule is CC1OB(c2ccc3c(c2)c2cc(B4OC(C)(C)C(C)(C)O4)ccc2n3-c2ccc(C#N)cc2)OC1(C)C. The molecule has 3 aromatic carbocycles. The molecule has 3 heterocycles. The van der Waals surface area contributed by atoms with Crippen LogP contribution in [0.4, 0.5) is 0 Å². The van der Waals surface area contributed by atoms with Crippen LogP contribution in [0.2, 0.25) is 0 Å². The van der Waals surface area contributed by atoms with Gasteiger partial charge in [0, 0.05) is 16.5 Å². The fourth-order valence-corrected chi connectivity index (χ4v) is 5.19. The summed E-state index contributed by atoms with van der Waals surface area (Å²) in [6.07, 6.45) is -0.0156. The highest BCUT2D eigenvalue weighted by molar-refractivity contribution is 6.63. The number of aromatic nitrogens is 1. The Hall–Kier alpha value is -3.08. The molecule has 38 heavy (non-hydrogen) atoms. The Morgan fingerprint density at radius 3 is 1.74 bits per heavy atom. The smallest absolute Gasteiger partial charge is 0.402 e. The van der Waals surface area contributed by atoms with Crippen molar-refractivity contribution in [1.82, 2.24) is 4.57 Å². The Labute approximate surface area is 224 Å². The van der Waals surface area contributed by atoms with Gasteiger partial charge in [-0.15, -0.1) is 0 Å². The zero-order valence-electron chi connectivity index (χ0n) is 23.0. The molecule has 0 bridgehead atoms. The van der Waals surface area contributed by atoms with Crippen molar-refractivity contribution in [2.75, 3.05) is 0 Å². The van der Waals surface area contributed by atoms with Crippen molar-refractivity contribution >= 4 is 47.0 Å². The first-order chi connectivity index (χ1) is 17.9. The Kier molecular flexibility index (Phi) is 5.61. The second-order valence-corrected chi connectivity index (χ2v) is 12.0. The second-order valence-electron chi connectivity index (χ2n) is 12.0. The fourth-order valence-electron chi connectivity index (χ4n) is 5.19. The maximum absolute atomic E-state index is 9.30. The van der Waals surface area contributed by atoms with Crippen LogP contribution in [0.25, 0.3) is 27.5 Å². The van der Waals surface area contributed by atoms with Gasteiger partial charge >= 0.3 is 14.2 Å². The van der Waals surface area contributed by atoms with Gasteiger partial charge in [-0.25, -0.2) is 0 Å². The van der Waals surface area contributed by atoms with E-state index in [1.54, 1.807) is 0 Å². The first-order valence-corrected chi connectivity index (χ1v) is 13.2. The van der Waals surface area contributed by atoms with E-state index in [2.05, 4.69) is 88.6 Å². The summed E-state index contributed by atoms with van der Waals surface area (Å²) in [5.41, 5.74) is 4.50. The third-order valence-corrected chi connectivity index (χ3v) is 8.58. The summed E-state index contributed by atoms with van der Waals surface area (Å²) in [4.78, 5) is 0. The molecule has 6 nitrogen and oxygen atoms in total. The summed E-state index contributed by atoms with van der Waals surface area (Å²) in [6, 6.07) is 22.6. The average Bonchev–Trinajstić information content (AvgIpc) is 3.43. The summed E-state index contributed by atoms with van der Waals surface area (Å²) in [5.74, 6) is 0. The highest BCUT2D eigenvalue weighted by Gasteiger charge is 2.51. The number of hydrogen-bond acceptors (Lipinski definition) is 5. The largest absolute Gasteiger partial charge is 0.494 e. The van der Waals surface area contributed by atoms with Crippen LogP contribution in [-0.2, 0) is 18.6 Å². The minimum absolute atomic E-state index is 0.0156. The Morgan fingerprint density at radius 1 is 0.737 bits per heavy atom. The van der Waals surface area contributed by atoms with Crippen LogP contribution in [0, 0.1) is 11.3 Å². The molecule has 1 aromatic heterocycles. The van der Waals surface area contributed by atoms with E-state index in [9.17, 15) is 5.26 Å². The monoisotopic (exact) mass is 506 g/mol. The van der Waals surface area contributed by atoms with E-state index in [0.29, 0.717) is 5.56 Å². The molecule has 2 saturated heterocycles. The first-order valence-electron chi connectivity index (χ1n) is 13.2. The normalized spacial score (nSPS) is 21.9. The molecule has 0 spiro atoms. The minimum Gasteiger partial charge on any atom is -0.402 e. The molecule has 6 rings (SSSR count). The van der Waals surface area contributed by atoms with E-state index in [1.165, 1.54) is 0 Å². The molecule has 4 aromatic rings. The van der Waals surface area contributed by atoms with Crippen LogP contribution < -0.4 is 10.9 Å². The summed E-state index contributed by atoms with van der Waals surface area (Å²) in [6.45, 7) is 14.4. The molecule has 0 N–H and O–H groups in total. The van der Waals surface area contributed by atoms with Gasteiger partial charge in [0.05, 0.1) is 45.6 Å². The van der Waals surface area contributed by atoms with Gasteiger partial charge in [0.25, 0.3) is 0 Å².